The number of hydrogen-bond acceptors (Lipinski definition) is 5. The van der Waals surface area contributed by atoms with Gasteiger partial charge in [0.1, 0.15) is 6.54 Å². The van der Waals surface area contributed by atoms with E-state index >= 15 is 0 Å². The highest BCUT2D eigenvalue weighted by Gasteiger charge is 2.11. The van der Waals surface area contributed by atoms with Crippen LogP contribution < -0.4 is 16.8 Å². The van der Waals surface area contributed by atoms with Crippen molar-refractivity contribution < 1.29 is 9.59 Å². The molecular formula is C13H16N6O2. The number of carbonyl (C=O) groups is 2. The second kappa shape index (κ2) is 6.14. The Morgan fingerprint density at radius 3 is 2.76 bits per heavy atom. The Labute approximate surface area is 121 Å². The molecule has 8 nitrogen and oxygen atoms in total. The molecule has 0 saturated heterocycles. The summed E-state index contributed by atoms with van der Waals surface area (Å²) in [6.07, 6.45) is 1.60. The predicted molar refractivity (Wildman–Crippen MR) is 76.2 cm³/mol. The second-order valence-electron chi connectivity index (χ2n) is 4.50. The lowest BCUT2D eigenvalue weighted by Crippen LogP contribution is -2.21. The van der Waals surface area contributed by atoms with E-state index in [4.69, 9.17) is 11.5 Å². The normalized spacial score (nSPS) is 10.4. The smallest absolute Gasteiger partial charge is 0.249 e. The number of amides is 2. The summed E-state index contributed by atoms with van der Waals surface area (Å²) in [5.74, 6) is -0.819. The number of nitrogens with one attached hydrogen (secondary N) is 1. The van der Waals surface area contributed by atoms with Crippen molar-refractivity contribution in [2.45, 2.75) is 20.0 Å². The van der Waals surface area contributed by atoms with E-state index in [0.717, 1.165) is 0 Å². The number of rotatable bonds is 5. The lowest BCUT2D eigenvalue weighted by Gasteiger charge is -2.10. The van der Waals surface area contributed by atoms with Crippen molar-refractivity contribution in [3.63, 3.8) is 0 Å². The van der Waals surface area contributed by atoms with E-state index in [0.29, 0.717) is 22.5 Å². The molecule has 0 unspecified atom stereocenters. The molecule has 0 aliphatic carbocycles. The summed E-state index contributed by atoms with van der Waals surface area (Å²) < 4.78 is 1.39. The largest absolute Gasteiger partial charge is 0.366 e. The zero-order valence-electron chi connectivity index (χ0n) is 11.5. The van der Waals surface area contributed by atoms with Crippen LogP contribution in [-0.2, 0) is 17.9 Å². The second-order valence-corrected chi connectivity index (χ2v) is 4.50. The van der Waals surface area contributed by atoms with E-state index in [9.17, 15) is 9.59 Å². The van der Waals surface area contributed by atoms with Gasteiger partial charge in [0.05, 0.1) is 11.9 Å². The number of carbonyl (C=O) groups excluding carboxylic acids is 2. The van der Waals surface area contributed by atoms with E-state index in [1.54, 1.807) is 31.3 Å². The molecule has 1 aromatic heterocycles. The molecule has 8 heteroatoms. The molecule has 2 rings (SSSR count). The maximum absolute atomic E-state index is 12.0. The third-order valence-corrected chi connectivity index (χ3v) is 2.97. The van der Waals surface area contributed by atoms with Gasteiger partial charge in [0.2, 0.25) is 11.8 Å². The molecule has 0 bridgehead atoms. The summed E-state index contributed by atoms with van der Waals surface area (Å²) in [7, 11) is 0. The first-order chi connectivity index (χ1) is 10.0. The molecule has 5 N–H and O–H groups in total. The molecule has 2 amide bonds. The van der Waals surface area contributed by atoms with Gasteiger partial charge in [0.25, 0.3) is 0 Å². The van der Waals surface area contributed by atoms with E-state index in [1.165, 1.54) is 4.68 Å². The van der Waals surface area contributed by atoms with Gasteiger partial charge in [-0.2, -0.15) is 0 Å². The SMILES string of the molecule is Cc1c(NC(=O)Cn2cc(CN)nn2)cccc1C(N)=O. The minimum Gasteiger partial charge on any atom is -0.366 e. The summed E-state index contributed by atoms with van der Waals surface area (Å²) in [5.41, 5.74) is 12.8. The Balaban J connectivity index is 2.09. The summed E-state index contributed by atoms with van der Waals surface area (Å²) >= 11 is 0. The topological polar surface area (TPSA) is 129 Å². The lowest BCUT2D eigenvalue weighted by atomic mass is 10.1. The van der Waals surface area contributed by atoms with Crippen molar-refractivity contribution in [1.82, 2.24) is 15.0 Å². The van der Waals surface area contributed by atoms with Crippen molar-refractivity contribution >= 4 is 17.5 Å². The fraction of sp³-hybridized carbons (Fsp3) is 0.231. The summed E-state index contributed by atoms with van der Waals surface area (Å²) in [4.78, 5) is 23.2. The lowest BCUT2D eigenvalue weighted by molar-refractivity contribution is -0.116. The van der Waals surface area contributed by atoms with Gasteiger partial charge >= 0.3 is 0 Å². The molecule has 0 saturated carbocycles. The molecule has 1 heterocycles. The first-order valence-electron chi connectivity index (χ1n) is 6.29. The average Bonchev–Trinajstić information content (AvgIpc) is 2.88. The molecule has 0 aliphatic heterocycles. The summed E-state index contributed by atoms with van der Waals surface area (Å²) in [6, 6.07) is 4.97. The predicted octanol–water partition coefficient (Wildman–Crippen LogP) is -0.217. The van der Waals surface area contributed by atoms with Crippen molar-refractivity contribution in [2.75, 3.05) is 5.32 Å². The molecule has 1 aromatic carbocycles. The van der Waals surface area contributed by atoms with Gasteiger partial charge in [-0.3, -0.25) is 9.59 Å². The number of aromatic nitrogens is 3. The quantitative estimate of drug-likeness (QED) is 0.700. The van der Waals surface area contributed by atoms with Crippen LogP contribution >= 0.6 is 0 Å². The zero-order chi connectivity index (χ0) is 15.4. The van der Waals surface area contributed by atoms with Gasteiger partial charge in [-0.05, 0) is 24.6 Å². The minimum absolute atomic E-state index is 0.00718. The number of benzene rings is 1. The highest BCUT2D eigenvalue weighted by atomic mass is 16.2. The van der Waals surface area contributed by atoms with Crippen LogP contribution in [0.2, 0.25) is 0 Å². The van der Waals surface area contributed by atoms with Crippen molar-refractivity contribution in [3.8, 4) is 0 Å². The maximum Gasteiger partial charge on any atom is 0.249 e. The molecule has 21 heavy (non-hydrogen) atoms. The molecule has 0 atom stereocenters. The molecule has 110 valence electrons. The summed E-state index contributed by atoms with van der Waals surface area (Å²) in [6.45, 7) is 1.99. The van der Waals surface area contributed by atoms with E-state index in [-0.39, 0.29) is 19.0 Å². The number of primary amides is 1. The molecule has 0 fully saturated rings. The summed E-state index contributed by atoms with van der Waals surface area (Å²) in [5, 5.41) is 10.3. The minimum atomic E-state index is -0.535. The van der Waals surface area contributed by atoms with Crippen molar-refractivity contribution in [1.29, 1.82) is 0 Å². The molecule has 0 spiro atoms. The molecule has 2 aromatic rings. The van der Waals surface area contributed by atoms with Crippen molar-refractivity contribution in [2.24, 2.45) is 11.5 Å². The number of hydrogen-bond donors (Lipinski definition) is 3. The first-order valence-corrected chi connectivity index (χ1v) is 6.29. The Kier molecular flexibility index (Phi) is 4.29. The Morgan fingerprint density at radius 1 is 1.38 bits per heavy atom. The number of nitrogens with two attached hydrogens (primary N) is 2. The van der Waals surface area contributed by atoms with Crippen LogP contribution in [-0.4, -0.2) is 26.8 Å². The van der Waals surface area contributed by atoms with Crippen LogP contribution in [0.1, 0.15) is 21.6 Å². The standard InChI is InChI=1S/C13H16N6O2/c1-8-10(13(15)21)3-2-4-11(8)16-12(20)7-19-6-9(5-14)17-18-19/h2-4,6H,5,7,14H2,1H3,(H2,15,21)(H,16,20). The Morgan fingerprint density at radius 2 is 2.14 bits per heavy atom. The van der Waals surface area contributed by atoms with Gasteiger partial charge in [-0.1, -0.05) is 11.3 Å². The van der Waals surface area contributed by atoms with Gasteiger partial charge in [0.15, 0.2) is 0 Å². The van der Waals surface area contributed by atoms with Crippen LogP contribution in [0.15, 0.2) is 24.4 Å². The van der Waals surface area contributed by atoms with Crippen LogP contribution in [0.5, 0.6) is 0 Å². The monoisotopic (exact) mass is 288 g/mol. The maximum atomic E-state index is 12.0. The van der Waals surface area contributed by atoms with Crippen LogP contribution in [0, 0.1) is 6.92 Å². The van der Waals surface area contributed by atoms with Gasteiger partial charge in [-0.15, -0.1) is 5.10 Å². The highest BCUT2D eigenvalue weighted by Crippen LogP contribution is 2.18. The van der Waals surface area contributed by atoms with E-state index in [2.05, 4.69) is 15.6 Å². The first kappa shape index (κ1) is 14.7. The van der Waals surface area contributed by atoms with Gasteiger partial charge in [0, 0.05) is 17.8 Å². The highest BCUT2D eigenvalue weighted by molar-refractivity contribution is 5.98. The fourth-order valence-electron chi connectivity index (χ4n) is 1.88. The van der Waals surface area contributed by atoms with Crippen LogP contribution in [0.3, 0.4) is 0 Å². The molecule has 0 aliphatic rings. The average molecular weight is 288 g/mol. The third-order valence-electron chi connectivity index (χ3n) is 2.97. The van der Waals surface area contributed by atoms with Crippen LogP contribution in [0.4, 0.5) is 5.69 Å². The van der Waals surface area contributed by atoms with Gasteiger partial charge in [-0.25, -0.2) is 4.68 Å². The fourth-order valence-corrected chi connectivity index (χ4v) is 1.88. The zero-order valence-corrected chi connectivity index (χ0v) is 11.5. The van der Waals surface area contributed by atoms with E-state index in [1.807, 2.05) is 0 Å². The van der Waals surface area contributed by atoms with Gasteiger partial charge < -0.3 is 16.8 Å². The Bertz CT molecular complexity index is 679. The van der Waals surface area contributed by atoms with E-state index < -0.39 is 5.91 Å². The Hall–Kier alpha value is -2.74. The molecular weight excluding hydrogens is 272 g/mol. The van der Waals surface area contributed by atoms with Crippen LogP contribution in [0.25, 0.3) is 0 Å². The third kappa shape index (κ3) is 3.42. The molecule has 0 radical (unpaired) electrons. The number of nitrogens with zero attached hydrogens (tertiary/aromatic N) is 3. The van der Waals surface area contributed by atoms with Crippen molar-refractivity contribution in [3.05, 3.63) is 41.2 Å². The number of anilines is 1.